The minimum Gasteiger partial charge on any atom is -0.504 e. The number of amides is 1. The molecule has 0 fully saturated rings. The number of aromatic nitrogens is 1. The first-order chi connectivity index (χ1) is 10.0. The number of hydrogen-bond acceptors (Lipinski definition) is 7. The molecule has 0 atom stereocenters. The second kappa shape index (κ2) is 6.23. The van der Waals surface area contributed by atoms with E-state index >= 15 is 0 Å². The van der Waals surface area contributed by atoms with Crippen LogP contribution in [0.15, 0.2) is 23.3 Å². The zero-order valence-corrected chi connectivity index (χ0v) is 12.3. The van der Waals surface area contributed by atoms with Gasteiger partial charge in [0, 0.05) is 0 Å². The van der Waals surface area contributed by atoms with Gasteiger partial charge in [0.05, 0.1) is 19.0 Å². The Kier molecular flexibility index (Phi) is 4.39. The molecule has 0 bridgehead atoms. The lowest BCUT2D eigenvalue weighted by Crippen LogP contribution is -2.17. The van der Waals surface area contributed by atoms with Crippen LogP contribution in [0.25, 0.3) is 0 Å². The third kappa shape index (κ3) is 3.48. The van der Waals surface area contributed by atoms with Gasteiger partial charge in [-0.25, -0.2) is 10.4 Å². The van der Waals surface area contributed by atoms with Crippen LogP contribution < -0.4 is 15.9 Å². The number of aromatic hydroxyl groups is 1. The number of methoxy groups -OCH3 is 1. The Morgan fingerprint density at radius 1 is 1.57 bits per heavy atom. The maximum absolute atomic E-state index is 11.9. The van der Waals surface area contributed by atoms with Crippen molar-refractivity contribution in [2.45, 2.75) is 6.92 Å². The van der Waals surface area contributed by atoms with Crippen molar-refractivity contribution in [2.24, 2.45) is 5.10 Å². The van der Waals surface area contributed by atoms with E-state index in [9.17, 15) is 9.90 Å². The normalized spacial score (nSPS) is 10.8. The second-order valence-corrected chi connectivity index (χ2v) is 5.13. The molecule has 0 saturated heterocycles. The van der Waals surface area contributed by atoms with Gasteiger partial charge in [0.1, 0.15) is 4.88 Å². The quantitative estimate of drug-likeness (QED) is 0.586. The predicted molar refractivity (Wildman–Crippen MR) is 81.0 cm³/mol. The number of nitrogens with one attached hydrogen (secondary N) is 1. The molecule has 0 unspecified atom stereocenters. The van der Waals surface area contributed by atoms with Crippen molar-refractivity contribution in [3.63, 3.8) is 0 Å². The van der Waals surface area contributed by atoms with E-state index in [1.54, 1.807) is 19.1 Å². The minimum absolute atomic E-state index is 0.0365. The lowest BCUT2D eigenvalue weighted by atomic mass is 10.2. The van der Waals surface area contributed by atoms with E-state index in [2.05, 4.69) is 15.5 Å². The highest BCUT2D eigenvalue weighted by atomic mass is 32.1. The third-order valence-electron chi connectivity index (χ3n) is 2.60. The van der Waals surface area contributed by atoms with E-state index in [1.165, 1.54) is 19.4 Å². The number of nitrogens with zero attached hydrogens (tertiary/aromatic N) is 2. The highest BCUT2D eigenvalue weighted by Gasteiger charge is 2.13. The molecule has 1 amide bonds. The summed E-state index contributed by atoms with van der Waals surface area (Å²) < 4.78 is 4.98. The standard InChI is InChI=1S/C13H14N4O3S/c1-7-11(21-13(14)16-7)12(19)17-15-6-8-3-4-9(18)10(5-8)20-2/h3-6,18H,1-2H3,(H2,14,16)(H,17,19). The molecule has 110 valence electrons. The van der Waals surface area contributed by atoms with E-state index in [0.29, 0.717) is 27.0 Å². The van der Waals surface area contributed by atoms with Crippen LogP contribution in [-0.4, -0.2) is 29.3 Å². The van der Waals surface area contributed by atoms with Crippen LogP contribution in [0.3, 0.4) is 0 Å². The molecule has 2 rings (SSSR count). The summed E-state index contributed by atoms with van der Waals surface area (Å²) in [6.45, 7) is 1.70. The van der Waals surface area contributed by atoms with Crippen LogP contribution in [0.5, 0.6) is 11.5 Å². The van der Waals surface area contributed by atoms with Crippen LogP contribution >= 0.6 is 11.3 Å². The molecule has 0 spiro atoms. The van der Waals surface area contributed by atoms with Crippen molar-refractivity contribution < 1.29 is 14.6 Å². The van der Waals surface area contributed by atoms with Crippen molar-refractivity contribution in [2.75, 3.05) is 12.8 Å². The van der Waals surface area contributed by atoms with Crippen LogP contribution in [0, 0.1) is 6.92 Å². The highest BCUT2D eigenvalue weighted by Crippen LogP contribution is 2.25. The van der Waals surface area contributed by atoms with Gasteiger partial charge in [-0.05, 0) is 30.7 Å². The zero-order valence-electron chi connectivity index (χ0n) is 11.5. The molecule has 7 nitrogen and oxygen atoms in total. The number of hydrazone groups is 1. The number of carbonyl (C=O) groups is 1. The molecular weight excluding hydrogens is 292 g/mol. The molecule has 1 aromatic heterocycles. The molecule has 0 aliphatic heterocycles. The van der Waals surface area contributed by atoms with Crippen LogP contribution in [-0.2, 0) is 0 Å². The van der Waals surface area contributed by atoms with Gasteiger partial charge < -0.3 is 15.6 Å². The highest BCUT2D eigenvalue weighted by molar-refractivity contribution is 7.17. The summed E-state index contributed by atoms with van der Waals surface area (Å²) in [7, 11) is 1.45. The van der Waals surface area contributed by atoms with E-state index in [-0.39, 0.29) is 11.7 Å². The summed E-state index contributed by atoms with van der Waals surface area (Å²) in [4.78, 5) is 16.3. The zero-order chi connectivity index (χ0) is 15.4. The smallest absolute Gasteiger partial charge is 0.283 e. The van der Waals surface area contributed by atoms with Crippen LogP contribution in [0.4, 0.5) is 5.13 Å². The molecule has 1 aromatic carbocycles. The molecular formula is C13H14N4O3S. The number of ether oxygens (including phenoxy) is 1. The number of rotatable bonds is 4. The summed E-state index contributed by atoms with van der Waals surface area (Å²) in [6.07, 6.45) is 1.44. The van der Waals surface area contributed by atoms with Crippen LogP contribution in [0.1, 0.15) is 20.9 Å². The van der Waals surface area contributed by atoms with Crippen molar-refractivity contribution in [3.8, 4) is 11.5 Å². The van der Waals surface area contributed by atoms with Gasteiger partial charge in [0.25, 0.3) is 5.91 Å². The van der Waals surface area contributed by atoms with Gasteiger partial charge in [-0.1, -0.05) is 11.3 Å². The Labute approximate surface area is 125 Å². The Morgan fingerprint density at radius 2 is 2.33 bits per heavy atom. The molecule has 4 N–H and O–H groups in total. The number of aryl methyl sites for hydroxylation is 1. The summed E-state index contributed by atoms with van der Waals surface area (Å²) in [5.41, 5.74) is 9.17. The number of nitrogens with two attached hydrogens (primary N) is 1. The van der Waals surface area contributed by atoms with Crippen molar-refractivity contribution in [3.05, 3.63) is 34.3 Å². The second-order valence-electron chi connectivity index (χ2n) is 4.10. The summed E-state index contributed by atoms with van der Waals surface area (Å²) >= 11 is 1.10. The maximum Gasteiger partial charge on any atom is 0.283 e. The summed E-state index contributed by atoms with van der Waals surface area (Å²) in [5, 5.41) is 13.7. The molecule has 2 aromatic rings. The lowest BCUT2D eigenvalue weighted by Gasteiger charge is -2.03. The van der Waals surface area contributed by atoms with Crippen molar-refractivity contribution in [1.82, 2.24) is 10.4 Å². The molecule has 0 saturated carbocycles. The average Bonchev–Trinajstić information content (AvgIpc) is 2.79. The molecule has 0 aliphatic carbocycles. The van der Waals surface area contributed by atoms with E-state index < -0.39 is 0 Å². The number of phenols is 1. The molecule has 0 radical (unpaired) electrons. The first-order valence-electron chi connectivity index (χ1n) is 5.94. The fourth-order valence-electron chi connectivity index (χ4n) is 1.62. The number of thiazole rings is 1. The SMILES string of the molecule is COc1cc(C=NNC(=O)c2sc(N)nc2C)ccc1O. The number of anilines is 1. The number of phenolic OH excluding ortho intramolecular Hbond substituents is 1. The number of carbonyl (C=O) groups excluding carboxylic acids is 1. The van der Waals surface area contributed by atoms with Crippen molar-refractivity contribution >= 4 is 28.6 Å². The van der Waals surface area contributed by atoms with E-state index in [4.69, 9.17) is 10.5 Å². The van der Waals surface area contributed by atoms with E-state index in [1.807, 2.05) is 0 Å². The topological polar surface area (TPSA) is 110 Å². The molecule has 8 heteroatoms. The fourth-order valence-corrected chi connectivity index (χ4v) is 2.34. The fraction of sp³-hybridized carbons (Fsp3) is 0.154. The van der Waals surface area contributed by atoms with Gasteiger partial charge in [0.2, 0.25) is 0 Å². The van der Waals surface area contributed by atoms with Gasteiger partial charge in [-0.15, -0.1) is 0 Å². The third-order valence-corrected chi connectivity index (χ3v) is 3.59. The Balaban J connectivity index is 2.05. The van der Waals surface area contributed by atoms with Gasteiger partial charge in [0.15, 0.2) is 16.6 Å². The molecule has 0 aliphatic rings. The Hall–Kier alpha value is -2.61. The molecule has 1 heterocycles. The molecule has 21 heavy (non-hydrogen) atoms. The number of hydrogen-bond donors (Lipinski definition) is 3. The monoisotopic (exact) mass is 306 g/mol. The number of nitrogen functional groups attached to an aromatic ring is 1. The largest absolute Gasteiger partial charge is 0.504 e. The van der Waals surface area contributed by atoms with Crippen LogP contribution in [0.2, 0.25) is 0 Å². The van der Waals surface area contributed by atoms with E-state index in [0.717, 1.165) is 11.3 Å². The Morgan fingerprint density at radius 3 is 2.95 bits per heavy atom. The minimum atomic E-state index is -0.372. The Bertz CT molecular complexity index is 697. The first-order valence-corrected chi connectivity index (χ1v) is 6.76. The average molecular weight is 306 g/mol. The number of benzene rings is 1. The van der Waals surface area contributed by atoms with Gasteiger partial charge in [-0.3, -0.25) is 4.79 Å². The maximum atomic E-state index is 11.9. The van der Waals surface area contributed by atoms with Gasteiger partial charge >= 0.3 is 0 Å². The van der Waals surface area contributed by atoms with Crippen molar-refractivity contribution in [1.29, 1.82) is 0 Å². The first kappa shape index (κ1) is 14.8. The summed E-state index contributed by atoms with van der Waals surface area (Å²) in [5.74, 6) is -0.00510. The predicted octanol–water partition coefficient (Wildman–Crippen LogP) is 1.51. The lowest BCUT2D eigenvalue weighted by molar-refractivity contribution is 0.0958. The van der Waals surface area contributed by atoms with Gasteiger partial charge in [-0.2, -0.15) is 5.10 Å². The summed E-state index contributed by atoms with van der Waals surface area (Å²) in [6, 6.07) is 4.72.